The molecule has 0 saturated heterocycles. The molecule has 0 aliphatic rings. The first kappa shape index (κ1) is 26.0. The molecule has 1 aromatic carbocycles. The number of carbonyl (C=O) groups excluding carboxylic acids is 1. The lowest BCUT2D eigenvalue weighted by Crippen LogP contribution is -2.37. The first-order valence-electron chi connectivity index (χ1n) is 12.5. The lowest BCUT2D eigenvalue weighted by atomic mass is 9.62. The number of nitrogens with one attached hydrogen (secondary N) is 2. The SMILES string of the molecule is CCCCOC(=O)CC(c1[nH][nH]c(=O)c1CC)C(CCCC)(CCCC)c1ccccc1. The highest BCUT2D eigenvalue weighted by atomic mass is 16.5. The van der Waals surface area contributed by atoms with Crippen LogP contribution in [-0.4, -0.2) is 22.8 Å². The maximum Gasteiger partial charge on any atom is 0.306 e. The number of unbranched alkanes of at least 4 members (excludes halogenated alkanes) is 3. The van der Waals surface area contributed by atoms with E-state index in [9.17, 15) is 9.59 Å². The summed E-state index contributed by atoms with van der Waals surface area (Å²) < 4.78 is 5.61. The van der Waals surface area contributed by atoms with E-state index in [4.69, 9.17) is 4.74 Å². The predicted octanol–water partition coefficient (Wildman–Crippen LogP) is 6.40. The zero-order valence-corrected chi connectivity index (χ0v) is 20.5. The molecule has 1 unspecified atom stereocenters. The lowest BCUT2D eigenvalue weighted by molar-refractivity contribution is -0.144. The van der Waals surface area contributed by atoms with Gasteiger partial charge in [0.15, 0.2) is 0 Å². The Kier molecular flexibility index (Phi) is 10.8. The van der Waals surface area contributed by atoms with Crippen molar-refractivity contribution in [1.82, 2.24) is 10.2 Å². The van der Waals surface area contributed by atoms with Crippen LogP contribution < -0.4 is 5.56 Å². The van der Waals surface area contributed by atoms with E-state index in [0.29, 0.717) is 13.0 Å². The van der Waals surface area contributed by atoms with Gasteiger partial charge < -0.3 is 9.84 Å². The van der Waals surface area contributed by atoms with Gasteiger partial charge >= 0.3 is 5.97 Å². The number of esters is 1. The predicted molar refractivity (Wildman–Crippen MR) is 131 cm³/mol. The molecule has 5 nitrogen and oxygen atoms in total. The van der Waals surface area contributed by atoms with Crippen molar-refractivity contribution in [2.45, 2.75) is 103 Å². The fourth-order valence-corrected chi connectivity index (χ4v) is 4.89. The molecule has 1 aromatic heterocycles. The number of H-pyrrole nitrogens is 2. The Bertz CT molecular complexity index is 845. The fourth-order valence-electron chi connectivity index (χ4n) is 4.89. The molecule has 0 aliphatic carbocycles. The minimum absolute atomic E-state index is 0.0835. The van der Waals surface area contributed by atoms with Gasteiger partial charge in [-0.15, -0.1) is 0 Å². The number of aromatic amines is 2. The summed E-state index contributed by atoms with van der Waals surface area (Å²) in [6.07, 6.45) is 8.99. The third-order valence-electron chi connectivity index (χ3n) is 6.71. The van der Waals surface area contributed by atoms with Crippen molar-refractivity contribution in [3.63, 3.8) is 0 Å². The van der Waals surface area contributed by atoms with Crippen LogP contribution in [0.2, 0.25) is 0 Å². The molecule has 0 radical (unpaired) electrons. The number of benzene rings is 1. The van der Waals surface area contributed by atoms with Crippen molar-refractivity contribution in [1.29, 1.82) is 0 Å². The molecule has 1 atom stereocenters. The van der Waals surface area contributed by atoms with Crippen LogP contribution in [0.1, 0.15) is 108 Å². The number of carbonyl (C=O) groups is 1. The number of hydrogen-bond donors (Lipinski definition) is 2. The minimum atomic E-state index is -0.244. The zero-order valence-electron chi connectivity index (χ0n) is 20.5. The van der Waals surface area contributed by atoms with Crippen LogP contribution in [0.5, 0.6) is 0 Å². The third kappa shape index (κ3) is 6.36. The normalized spacial score (nSPS) is 12.6. The molecule has 1 heterocycles. The van der Waals surface area contributed by atoms with Crippen molar-refractivity contribution < 1.29 is 9.53 Å². The molecule has 2 rings (SSSR count). The van der Waals surface area contributed by atoms with E-state index in [0.717, 1.165) is 62.6 Å². The second-order valence-electron chi connectivity index (χ2n) is 8.88. The Balaban J connectivity index is 2.63. The quantitative estimate of drug-likeness (QED) is 0.247. The lowest BCUT2D eigenvalue weighted by Gasteiger charge is -2.42. The number of hydrogen-bond acceptors (Lipinski definition) is 3. The summed E-state index contributed by atoms with van der Waals surface area (Å²) in [4.78, 5) is 25.6. The van der Waals surface area contributed by atoms with Crippen LogP contribution in [0.25, 0.3) is 0 Å². The van der Waals surface area contributed by atoms with Crippen LogP contribution in [-0.2, 0) is 21.4 Å². The summed E-state index contributed by atoms with van der Waals surface area (Å²) >= 11 is 0. The topological polar surface area (TPSA) is 75.0 Å². The van der Waals surface area contributed by atoms with Gasteiger partial charge in [-0.3, -0.25) is 14.7 Å². The highest BCUT2D eigenvalue weighted by molar-refractivity contribution is 5.71. The average Bonchev–Trinajstić information content (AvgIpc) is 3.19. The van der Waals surface area contributed by atoms with Crippen molar-refractivity contribution in [3.05, 3.63) is 57.5 Å². The monoisotopic (exact) mass is 442 g/mol. The Morgan fingerprint density at radius 1 is 0.938 bits per heavy atom. The van der Waals surface area contributed by atoms with Gasteiger partial charge in [0, 0.05) is 22.6 Å². The van der Waals surface area contributed by atoms with E-state index in [1.165, 1.54) is 5.56 Å². The zero-order chi connectivity index (χ0) is 23.4. The minimum Gasteiger partial charge on any atom is -0.466 e. The highest BCUT2D eigenvalue weighted by Crippen LogP contribution is 2.48. The van der Waals surface area contributed by atoms with Crippen LogP contribution in [0.4, 0.5) is 0 Å². The van der Waals surface area contributed by atoms with Crippen molar-refractivity contribution in [2.75, 3.05) is 6.61 Å². The van der Waals surface area contributed by atoms with Gasteiger partial charge in [-0.25, -0.2) is 0 Å². The van der Waals surface area contributed by atoms with Crippen LogP contribution in [0.3, 0.4) is 0 Å². The Morgan fingerprint density at radius 2 is 1.56 bits per heavy atom. The summed E-state index contributed by atoms with van der Waals surface area (Å²) in [5.74, 6) is -0.327. The van der Waals surface area contributed by atoms with Gasteiger partial charge in [-0.1, -0.05) is 90.1 Å². The molecule has 5 heteroatoms. The molecule has 0 fully saturated rings. The van der Waals surface area contributed by atoms with Gasteiger partial charge in [0.25, 0.3) is 5.56 Å². The van der Waals surface area contributed by atoms with Crippen molar-refractivity contribution in [3.8, 4) is 0 Å². The standard InChI is InChI=1S/C27H42N2O3/c1-5-9-17-27(18-10-6-2,21-15-13-12-14-16-21)23(20-24(30)32-19-11-7-3)25-22(8-4)26(31)29-28-25/h12-16,23H,5-11,17-20H2,1-4H3,(H2,28,29,31). The Morgan fingerprint density at radius 3 is 2.12 bits per heavy atom. The smallest absolute Gasteiger partial charge is 0.306 e. The summed E-state index contributed by atoms with van der Waals surface area (Å²) in [5, 5.41) is 5.98. The Hall–Kier alpha value is -2.30. The summed E-state index contributed by atoms with van der Waals surface area (Å²) in [6.45, 7) is 8.96. The molecule has 178 valence electrons. The number of aromatic nitrogens is 2. The fraction of sp³-hybridized carbons (Fsp3) is 0.630. The second-order valence-corrected chi connectivity index (χ2v) is 8.88. The van der Waals surface area contributed by atoms with Gasteiger partial charge in [0.1, 0.15) is 0 Å². The molecule has 0 bridgehead atoms. The molecule has 2 N–H and O–H groups in total. The van der Waals surface area contributed by atoms with E-state index in [1.807, 2.05) is 13.0 Å². The Labute approximate surface area is 193 Å². The van der Waals surface area contributed by atoms with Crippen LogP contribution in [0, 0.1) is 0 Å². The van der Waals surface area contributed by atoms with E-state index in [-0.39, 0.29) is 29.3 Å². The average molecular weight is 443 g/mol. The molecule has 32 heavy (non-hydrogen) atoms. The first-order valence-corrected chi connectivity index (χ1v) is 12.5. The van der Waals surface area contributed by atoms with Gasteiger partial charge in [0.2, 0.25) is 0 Å². The molecule has 2 aromatic rings. The van der Waals surface area contributed by atoms with Gasteiger partial charge in [-0.2, -0.15) is 0 Å². The summed E-state index contributed by atoms with van der Waals surface area (Å²) in [7, 11) is 0. The maximum atomic E-state index is 13.0. The van der Waals surface area contributed by atoms with Crippen molar-refractivity contribution >= 4 is 5.97 Å². The van der Waals surface area contributed by atoms with E-state index in [2.05, 4.69) is 55.2 Å². The maximum absolute atomic E-state index is 13.0. The summed E-state index contributed by atoms with van der Waals surface area (Å²) in [6, 6.07) is 10.6. The highest BCUT2D eigenvalue weighted by Gasteiger charge is 2.43. The molecular formula is C27H42N2O3. The van der Waals surface area contributed by atoms with E-state index in [1.54, 1.807) is 0 Å². The molecule has 0 saturated carbocycles. The third-order valence-corrected chi connectivity index (χ3v) is 6.71. The molecular weight excluding hydrogens is 400 g/mol. The largest absolute Gasteiger partial charge is 0.466 e. The van der Waals surface area contributed by atoms with Gasteiger partial charge in [0.05, 0.1) is 13.0 Å². The van der Waals surface area contributed by atoms with E-state index >= 15 is 0 Å². The van der Waals surface area contributed by atoms with E-state index < -0.39 is 0 Å². The van der Waals surface area contributed by atoms with Crippen LogP contribution in [0.15, 0.2) is 35.1 Å². The van der Waals surface area contributed by atoms with Crippen molar-refractivity contribution in [2.24, 2.45) is 0 Å². The molecule has 0 spiro atoms. The number of ether oxygens (including phenoxy) is 1. The molecule has 0 aliphatic heterocycles. The van der Waals surface area contributed by atoms with Gasteiger partial charge in [-0.05, 0) is 31.2 Å². The first-order chi connectivity index (χ1) is 15.5. The summed E-state index contributed by atoms with van der Waals surface area (Å²) in [5.41, 5.74) is 2.55. The van der Waals surface area contributed by atoms with Crippen LogP contribution >= 0.6 is 0 Å². The number of rotatable bonds is 15. The molecule has 0 amide bonds. The second kappa shape index (κ2) is 13.3.